The molecule has 2 rings (SSSR count). The van der Waals surface area contributed by atoms with E-state index in [2.05, 4.69) is 32.7 Å². The lowest BCUT2D eigenvalue weighted by Crippen LogP contribution is -2.49. The van der Waals surface area contributed by atoms with Crippen LogP contribution in [-0.4, -0.2) is 35.6 Å². The van der Waals surface area contributed by atoms with Gasteiger partial charge in [0.25, 0.3) is 0 Å². The normalized spacial score (nSPS) is 25.8. The van der Waals surface area contributed by atoms with Crippen LogP contribution >= 0.6 is 27.5 Å². The zero-order valence-corrected chi connectivity index (χ0v) is 11.4. The monoisotopic (exact) mass is 304 g/mol. The molecule has 2 atom stereocenters. The Morgan fingerprint density at radius 1 is 1.69 bits per heavy atom. The number of nitrogens with zero attached hydrogens (tertiary/aromatic N) is 2. The lowest BCUT2D eigenvalue weighted by atomic mass is 10.2. The fraction of sp³-hybridized carbons (Fsp3) is 0.545. The second-order valence-electron chi connectivity index (χ2n) is 3.92. The van der Waals surface area contributed by atoms with Crippen LogP contribution in [0.3, 0.4) is 0 Å². The zero-order chi connectivity index (χ0) is 11.5. The zero-order valence-electron chi connectivity index (χ0n) is 9.07. The van der Waals surface area contributed by atoms with Gasteiger partial charge in [0, 0.05) is 18.1 Å². The van der Waals surface area contributed by atoms with Crippen LogP contribution in [-0.2, 0) is 4.74 Å². The number of ether oxygens (including phenoxy) is 1. The van der Waals surface area contributed by atoms with E-state index in [0.29, 0.717) is 17.7 Å². The van der Waals surface area contributed by atoms with Crippen molar-refractivity contribution in [1.29, 1.82) is 0 Å². The van der Waals surface area contributed by atoms with E-state index < -0.39 is 0 Å². The average Bonchev–Trinajstić information content (AvgIpc) is 2.31. The van der Waals surface area contributed by atoms with E-state index in [4.69, 9.17) is 16.3 Å². The molecule has 1 aliphatic heterocycles. The van der Waals surface area contributed by atoms with E-state index in [-0.39, 0.29) is 6.10 Å². The maximum atomic E-state index is 6.16. The van der Waals surface area contributed by atoms with Gasteiger partial charge in [-0.2, -0.15) is 0 Å². The Balaban J connectivity index is 2.21. The SMILES string of the molecule is CC1COC(CBr)CN1c1ncccc1Cl. The molecule has 0 radical (unpaired) electrons. The van der Waals surface area contributed by atoms with Crippen molar-refractivity contribution in [1.82, 2.24) is 4.98 Å². The second-order valence-corrected chi connectivity index (χ2v) is 4.97. The Hall–Kier alpha value is -0.320. The number of hydrogen-bond donors (Lipinski definition) is 0. The summed E-state index contributed by atoms with van der Waals surface area (Å²) >= 11 is 9.60. The molecule has 0 aliphatic carbocycles. The van der Waals surface area contributed by atoms with Crippen molar-refractivity contribution >= 4 is 33.3 Å². The minimum Gasteiger partial charge on any atom is -0.373 e. The molecule has 0 bridgehead atoms. The first-order chi connectivity index (χ1) is 7.72. The van der Waals surface area contributed by atoms with E-state index in [9.17, 15) is 0 Å². The molecule has 1 aliphatic rings. The maximum absolute atomic E-state index is 6.16. The fourth-order valence-corrected chi connectivity index (χ4v) is 2.42. The predicted molar refractivity (Wildman–Crippen MR) is 69.6 cm³/mol. The summed E-state index contributed by atoms with van der Waals surface area (Å²) in [7, 11) is 0. The molecular formula is C11H14BrClN2O. The van der Waals surface area contributed by atoms with Crippen molar-refractivity contribution in [3.8, 4) is 0 Å². The minimum atomic E-state index is 0.203. The van der Waals surface area contributed by atoms with Gasteiger partial charge in [0.15, 0.2) is 0 Å². The molecule has 1 aromatic rings. The van der Waals surface area contributed by atoms with Crippen molar-refractivity contribution in [2.75, 3.05) is 23.4 Å². The minimum absolute atomic E-state index is 0.203. The number of alkyl halides is 1. The van der Waals surface area contributed by atoms with Crippen molar-refractivity contribution < 1.29 is 4.74 Å². The third kappa shape index (κ3) is 2.50. The van der Waals surface area contributed by atoms with Gasteiger partial charge in [0.2, 0.25) is 0 Å². The Bertz CT molecular complexity index is 364. The van der Waals surface area contributed by atoms with E-state index in [1.54, 1.807) is 6.20 Å². The molecule has 5 heteroatoms. The van der Waals surface area contributed by atoms with Crippen molar-refractivity contribution in [3.05, 3.63) is 23.4 Å². The van der Waals surface area contributed by atoms with Crippen molar-refractivity contribution in [3.63, 3.8) is 0 Å². The number of aromatic nitrogens is 1. The van der Waals surface area contributed by atoms with Gasteiger partial charge in [-0.1, -0.05) is 27.5 Å². The van der Waals surface area contributed by atoms with E-state index in [0.717, 1.165) is 17.7 Å². The largest absolute Gasteiger partial charge is 0.373 e. The molecule has 1 saturated heterocycles. The number of anilines is 1. The molecule has 3 nitrogen and oxygen atoms in total. The van der Waals surface area contributed by atoms with Gasteiger partial charge in [-0.25, -0.2) is 4.98 Å². The number of pyridine rings is 1. The molecule has 1 aromatic heterocycles. The first-order valence-electron chi connectivity index (χ1n) is 5.27. The molecular weight excluding hydrogens is 291 g/mol. The summed E-state index contributed by atoms with van der Waals surface area (Å²) in [4.78, 5) is 6.55. The molecule has 0 amide bonds. The van der Waals surface area contributed by atoms with Gasteiger partial charge >= 0.3 is 0 Å². The third-order valence-electron chi connectivity index (χ3n) is 2.69. The summed E-state index contributed by atoms with van der Waals surface area (Å²) < 4.78 is 5.67. The Morgan fingerprint density at radius 3 is 3.19 bits per heavy atom. The summed E-state index contributed by atoms with van der Waals surface area (Å²) in [6.07, 6.45) is 1.97. The van der Waals surface area contributed by atoms with Crippen LogP contribution in [0.2, 0.25) is 5.02 Å². The summed E-state index contributed by atoms with van der Waals surface area (Å²) in [5.74, 6) is 0.853. The molecule has 2 heterocycles. The third-order valence-corrected chi connectivity index (χ3v) is 3.71. The molecule has 0 saturated carbocycles. The standard InChI is InChI=1S/C11H14BrClN2O/c1-8-7-16-9(5-12)6-15(8)11-10(13)3-2-4-14-11/h2-4,8-9H,5-7H2,1H3. The van der Waals surface area contributed by atoms with Crippen LogP contribution in [0.4, 0.5) is 5.82 Å². The predicted octanol–water partition coefficient (Wildman–Crippen LogP) is 2.72. The number of rotatable bonds is 2. The molecule has 88 valence electrons. The van der Waals surface area contributed by atoms with Crippen LogP contribution in [0.15, 0.2) is 18.3 Å². The Labute approximate surface area is 109 Å². The topological polar surface area (TPSA) is 25.4 Å². The van der Waals surface area contributed by atoms with E-state index >= 15 is 0 Å². The van der Waals surface area contributed by atoms with Gasteiger partial charge in [-0.3, -0.25) is 0 Å². The van der Waals surface area contributed by atoms with Gasteiger partial charge in [0.1, 0.15) is 5.82 Å². The van der Waals surface area contributed by atoms with E-state index in [1.807, 2.05) is 12.1 Å². The number of morpholine rings is 1. The fourth-order valence-electron chi connectivity index (χ4n) is 1.79. The lowest BCUT2D eigenvalue weighted by Gasteiger charge is -2.38. The quantitative estimate of drug-likeness (QED) is 0.786. The number of hydrogen-bond acceptors (Lipinski definition) is 3. The van der Waals surface area contributed by atoms with Crippen molar-refractivity contribution in [2.24, 2.45) is 0 Å². The van der Waals surface area contributed by atoms with Gasteiger partial charge in [0.05, 0.1) is 23.8 Å². The highest BCUT2D eigenvalue weighted by molar-refractivity contribution is 9.09. The average molecular weight is 306 g/mol. The molecule has 2 unspecified atom stereocenters. The highest BCUT2D eigenvalue weighted by Crippen LogP contribution is 2.27. The second kappa shape index (κ2) is 5.34. The van der Waals surface area contributed by atoms with Crippen molar-refractivity contribution in [2.45, 2.75) is 19.1 Å². The van der Waals surface area contributed by atoms with Crippen LogP contribution in [0.5, 0.6) is 0 Å². The highest BCUT2D eigenvalue weighted by atomic mass is 79.9. The van der Waals surface area contributed by atoms with Gasteiger partial charge < -0.3 is 9.64 Å². The maximum Gasteiger partial charge on any atom is 0.147 e. The highest BCUT2D eigenvalue weighted by Gasteiger charge is 2.27. The Kier molecular flexibility index (Phi) is 4.05. The van der Waals surface area contributed by atoms with E-state index in [1.165, 1.54) is 0 Å². The van der Waals surface area contributed by atoms with Crippen LogP contribution < -0.4 is 4.90 Å². The first kappa shape index (κ1) is 12.1. The molecule has 1 fully saturated rings. The van der Waals surface area contributed by atoms with Gasteiger partial charge in [-0.15, -0.1) is 0 Å². The number of halogens is 2. The molecule has 0 N–H and O–H groups in total. The summed E-state index contributed by atoms with van der Waals surface area (Å²) in [6, 6.07) is 4.02. The first-order valence-corrected chi connectivity index (χ1v) is 6.77. The summed E-state index contributed by atoms with van der Waals surface area (Å²) in [5.41, 5.74) is 0. The summed E-state index contributed by atoms with van der Waals surface area (Å²) in [5, 5.41) is 1.53. The summed E-state index contributed by atoms with van der Waals surface area (Å²) in [6.45, 7) is 3.65. The lowest BCUT2D eigenvalue weighted by molar-refractivity contribution is 0.0376. The van der Waals surface area contributed by atoms with Crippen LogP contribution in [0.1, 0.15) is 6.92 Å². The van der Waals surface area contributed by atoms with Gasteiger partial charge in [-0.05, 0) is 19.1 Å². The molecule has 16 heavy (non-hydrogen) atoms. The molecule has 0 aromatic carbocycles. The van der Waals surface area contributed by atoms with Crippen LogP contribution in [0, 0.1) is 0 Å². The Morgan fingerprint density at radius 2 is 2.50 bits per heavy atom. The molecule has 0 spiro atoms. The smallest absolute Gasteiger partial charge is 0.147 e. The van der Waals surface area contributed by atoms with Crippen LogP contribution in [0.25, 0.3) is 0 Å².